The molecule has 0 bridgehead atoms. The third kappa shape index (κ3) is 6.23. The normalized spacial score (nSPS) is 9.96. The van der Waals surface area contributed by atoms with Crippen LogP contribution in [-0.4, -0.2) is 32.1 Å². The number of para-hydroxylation sites is 2. The molecule has 0 aromatic heterocycles. The number of nitrogens with one attached hydrogen (secondary N) is 2. The number of hydrogen-bond donors (Lipinski definition) is 2. The van der Waals surface area contributed by atoms with Crippen LogP contribution in [0.5, 0.6) is 17.2 Å². The summed E-state index contributed by atoms with van der Waals surface area (Å²) in [6, 6.07) is 12.2. The van der Waals surface area contributed by atoms with Crippen molar-refractivity contribution in [2.75, 3.05) is 20.3 Å². The zero-order chi connectivity index (χ0) is 18.9. The number of carbonyl (C=O) groups is 2. The topological polar surface area (TPSA) is 85.9 Å². The molecule has 7 nitrogen and oxygen atoms in total. The predicted molar refractivity (Wildman–Crippen MR) is 102 cm³/mol. The molecule has 0 heterocycles. The lowest BCUT2D eigenvalue weighted by molar-refractivity contribution is -0.131. The van der Waals surface area contributed by atoms with Crippen LogP contribution in [0.1, 0.15) is 0 Å². The fraction of sp³-hybridized carbons (Fsp3) is 0.176. The summed E-state index contributed by atoms with van der Waals surface area (Å²) >= 11 is 6.66. The van der Waals surface area contributed by atoms with Crippen LogP contribution < -0.4 is 25.1 Å². The molecule has 26 heavy (non-hydrogen) atoms. The smallest absolute Gasteiger partial charge is 0.276 e. The summed E-state index contributed by atoms with van der Waals surface area (Å²) in [7, 11) is 1.51. The first-order valence-electron chi connectivity index (χ1n) is 7.41. The fourth-order valence-electron chi connectivity index (χ4n) is 1.83. The van der Waals surface area contributed by atoms with E-state index in [4.69, 9.17) is 14.2 Å². The van der Waals surface area contributed by atoms with Crippen molar-refractivity contribution >= 4 is 43.7 Å². The van der Waals surface area contributed by atoms with E-state index in [1.54, 1.807) is 42.5 Å². The van der Waals surface area contributed by atoms with Gasteiger partial charge in [0.15, 0.2) is 24.7 Å². The van der Waals surface area contributed by atoms with Crippen molar-refractivity contribution < 1.29 is 23.8 Å². The van der Waals surface area contributed by atoms with Crippen LogP contribution in [0.2, 0.25) is 0 Å². The number of rotatable bonds is 7. The third-order valence-electron chi connectivity index (χ3n) is 3.02. The van der Waals surface area contributed by atoms with Crippen molar-refractivity contribution in [2.45, 2.75) is 0 Å². The lowest BCUT2D eigenvalue weighted by Gasteiger charge is -2.12. The van der Waals surface area contributed by atoms with Gasteiger partial charge in [0.1, 0.15) is 5.75 Å². The highest BCUT2D eigenvalue weighted by atomic mass is 79.9. The minimum Gasteiger partial charge on any atom is -0.493 e. The molecular formula is C17H16Br2N2O5. The minimum atomic E-state index is -0.519. The Kier molecular flexibility index (Phi) is 7.73. The summed E-state index contributed by atoms with van der Waals surface area (Å²) in [6.45, 7) is -0.534. The molecule has 0 radical (unpaired) electrons. The number of halogens is 2. The van der Waals surface area contributed by atoms with E-state index in [0.29, 0.717) is 21.7 Å². The van der Waals surface area contributed by atoms with Crippen molar-refractivity contribution in [1.29, 1.82) is 0 Å². The van der Waals surface area contributed by atoms with Gasteiger partial charge in [0.05, 0.1) is 11.6 Å². The summed E-state index contributed by atoms with van der Waals surface area (Å²) in [5.41, 5.74) is 4.50. The number of benzene rings is 2. The first-order chi connectivity index (χ1) is 12.5. The number of hydrazine groups is 1. The van der Waals surface area contributed by atoms with Crippen LogP contribution in [0, 0.1) is 0 Å². The largest absolute Gasteiger partial charge is 0.493 e. The van der Waals surface area contributed by atoms with Crippen LogP contribution in [-0.2, 0) is 9.59 Å². The number of carbonyl (C=O) groups excluding carboxylic acids is 2. The molecule has 0 saturated heterocycles. The average molecular weight is 488 g/mol. The second-order valence-corrected chi connectivity index (χ2v) is 6.67. The summed E-state index contributed by atoms with van der Waals surface area (Å²) in [4.78, 5) is 23.5. The van der Waals surface area contributed by atoms with Crippen molar-refractivity contribution in [3.63, 3.8) is 0 Å². The number of ether oxygens (including phenoxy) is 3. The van der Waals surface area contributed by atoms with Gasteiger partial charge in [0.2, 0.25) is 0 Å². The second-order valence-electron chi connectivity index (χ2n) is 4.90. The maximum atomic E-state index is 11.7. The van der Waals surface area contributed by atoms with E-state index in [1.807, 2.05) is 0 Å². The Morgan fingerprint density at radius 2 is 1.46 bits per heavy atom. The maximum absolute atomic E-state index is 11.7. The molecule has 0 fully saturated rings. The van der Waals surface area contributed by atoms with Gasteiger partial charge in [-0.1, -0.05) is 28.1 Å². The van der Waals surface area contributed by atoms with Crippen LogP contribution in [0.4, 0.5) is 0 Å². The predicted octanol–water partition coefficient (Wildman–Crippen LogP) is 2.83. The van der Waals surface area contributed by atoms with Crippen LogP contribution in [0.25, 0.3) is 0 Å². The van der Waals surface area contributed by atoms with Gasteiger partial charge >= 0.3 is 0 Å². The van der Waals surface area contributed by atoms with Gasteiger partial charge in [-0.2, -0.15) is 0 Å². The molecule has 0 spiro atoms. The molecule has 0 atom stereocenters. The number of methoxy groups -OCH3 is 1. The van der Waals surface area contributed by atoms with Crippen molar-refractivity contribution in [1.82, 2.24) is 10.9 Å². The first-order valence-corrected chi connectivity index (χ1v) is 8.99. The summed E-state index contributed by atoms with van der Waals surface area (Å²) < 4.78 is 17.4. The Hall–Kier alpha value is -2.26. The standard InChI is InChI=1S/C17H16Br2N2O5/c1-24-14-4-2-3-5-15(14)26-10-17(23)21-20-16(22)9-25-13-7-6-11(18)8-12(13)19/h2-8H,9-10H2,1H3,(H,20,22)(H,21,23). The minimum absolute atomic E-state index is 0.256. The highest BCUT2D eigenvalue weighted by Gasteiger charge is 2.09. The molecule has 0 aliphatic heterocycles. The number of amides is 2. The Morgan fingerprint density at radius 1 is 0.885 bits per heavy atom. The van der Waals surface area contributed by atoms with E-state index in [0.717, 1.165) is 4.47 Å². The monoisotopic (exact) mass is 486 g/mol. The molecule has 2 aromatic rings. The van der Waals surface area contributed by atoms with Gasteiger partial charge in [-0.05, 0) is 46.3 Å². The molecule has 0 unspecified atom stereocenters. The van der Waals surface area contributed by atoms with E-state index in [-0.39, 0.29) is 13.2 Å². The molecule has 2 amide bonds. The van der Waals surface area contributed by atoms with E-state index in [9.17, 15) is 9.59 Å². The number of hydrogen-bond acceptors (Lipinski definition) is 5. The zero-order valence-corrected chi connectivity index (χ0v) is 16.9. The summed E-state index contributed by atoms with van der Waals surface area (Å²) in [6.07, 6.45) is 0. The van der Waals surface area contributed by atoms with E-state index < -0.39 is 11.8 Å². The second kappa shape index (κ2) is 10.0. The molecule has 0 aliphatic carbocycles. The molecular weight excluding hydrogens is 472 g/mol. The van der Waals surface area contributed by atoms with Crippen LogP contribution in [0.3, 0.4) is 0 Å². The molecule has 2 N–H and O–H groups in total. The Balaban J connectivity index is 1.72. The quantitative estimate of drug-likeness (QED) is 0.586. The lowest BCUT2D eigenvalue weighted by atomic mass is 10.3. The van der Waals surface area contributed by atoms with Gasteiger partial charge in [0, 0.05) is 4.47 Å². The van der Waals surface area contributed by atoms with Gasteiger partial charge in [-0.15, -0.1) is 0 Å². The van der Waals surface area contributed by atoms with Crippen molar-refractivity contribution in [3.8, 4) is 17.2 Å². The average Bonchev–Trinajstić information content (AvgIpc) is 2.64. The van der Waals surface area contributed by atoms with E-state index in [1.165, 1.54) is 7.11 Å². The highest BCUT2D eigenvalue weighted by molar-refractivity contribution is 9.11. The van der Waals surface area contributed by atoms with Gasteiger partial charge in [-0.3, -0.25) is 20.4 Å². The Labute approximate surface area is 167 Å². The molecule has 0 saturated carbocycles. The zero-order valence-electron chi connectivity index (χ0n) is 13.8. The Bertz CT molecular complexity index is 785. The summed E-state index contributed by atoms with van der Waals surface area (Å²) in [5.74, 6) is 0.423. The van der Waals surface area contributed by atoms with Crippen molar-refractivity contribution in [2.24, 2.45) is 0 Å². The molecule has 138 valence electrons. The summed E-state index contributed by atoms with van der Waals surface area (Å²) in [5, 5.41) is 0. The van der Waals surface area contributed by atoms with Gasteiger partial charge in [-0.25, -0.2) is 0 Å². The maximum Gasteiger partial charge on any atom is 0.276 e. The SMILES string of the molecule is COc1ccccc1OCC(=O)NNC(=O)COc1ccc(Br)cc1Br. The van der Waals surface area contributed by atoms with E-state index >= 15 is 0 Å². The molecule has 2 rings (SSSR count). The third-order valence-corrected chi connectivity index (χ3v) is 4.13. The molecule has 9 heteroatoms. The highest BCUT2D eigenvalue weighted by Crippen LogP contribution is 2.28. The molecule has 0 aliphatic rings. The molecule has 2 aromatic carbocycles. The van der Waals surface area contributed by atoms with Gasteiger partial charge < -0.3 is 14.2 Å². The lowest BCUT2D eigenvalue weighted by Crippen LogP contribution is -2.45. The van der Waals surface area contributed by atoms with E-state index in [2.05, 4.69) is 42.7 Å². The Morgan fingerprint density at radius 3 is 2.04 bits per heavy atom. The van der Waals surface area contributed by atoms with Crippen molar-refractivity contribution in [3.05, 3.63) is 51.4 Å². The first kappa shape index (κ1) is 20.1. The van der Waals surface area contributed by atoms with Crippen LogP contribution in [0.15, 0.2) is 51.4 Å². The fourth-order valence-corrected chi connectivity index (χ4v) is 2.99. The van der Waals surface area contributed by atoms with Gasteiger partial charge in [0.25, 0.3) is 11.8 Å². The van der Waals surface area contributed by atoms with Crippen LogP contribution >= 0.6 is 31.9 Å².